The van der Waals surface area contributed by atoms with Gasteiger partial charge in [0.1, 0.15) is 11.7 Å². The van der Waals surface area contributed by atoms with Gasteiger partial charge in [-0.2, -0.15) is 0 Å². The van der Waals surface area contributed by atoms with E-state index in [4.69, 9.17) is 9.47 Å². The lowest BCUT2D eigenvalue weighted by Crippen LogP contribution is -2.66. The second-order valence-electron chi connectivity index (χ2n) is 14.7. The number of ether oxygens (including phenoxy) is 2. The van der Waals surface area contributed by atoms with Crippen molar-refractivity contribution in [1.29, 1.82) is 0 Å². The Bertz CT molecular complexity index is 1150. The number of esters is 2. The number of Topliss-reactive ketones (excluding diaryl/α,β-unsaturated/α-hetero) is 1. The molecule has 0 bridgehead atoms. The van der Waals surface area contributed by atoms with Gasteiger partial charge in [-0.25, -0.2) is 0 Å². The highest BCUT2D eigenvalue weighted by Gasteiger charge is 2.87. The molecule has 2 saturated carbocycles. The van der Waals surface area contributed by atoms with E-state index in [1.165, 1.54) is 51.9 Å². The summed E-state index contributed by atoms with van der Waals surface area (Å²) in [5, 5.41) is 34.8. The molecule has 2 fully saturated rings. The van der Waals surface area contributed by atoms with Gasteiger partial charge in [0.15, 0.2) is 11.4 Å². The van der Waals surface area contributed by atoms with Crippen molar-refractivity contribution in [1.82, 2.24) is 0 Å². The third-order valence-electron chi connectivity index (χ3n) is 11.5. The van der Waals surface area contributed by atoms with Crippen LogP contribution in [0.1, 0.15) is 125 Å². The van der Waals surface area contributed by atoms with Crippen LogP contribution in [0.25, 0.3) is 0 Å². The van der Waals surface area contributed by atoms with Crippen molar-refractivity contribution in [3.8, 4) is 0 Å². The minimum Gasteiger partial charge on any atom is -0.458 e. The van der Waals surface area contributed by atoms with E-state index < -0.39 is 69.7 Å². The maximum Gasteiger partial charge on any atom is 0.306 e. The first-order chi connectivity index (χ1) is 20.7. The molecule has 4 aliphatic rings. The molecule has 3 N–H and O–H groups in total. The number of rotatable bonds is 15. The summed E-state index contributed by atoms with van der Waals surface area (Å²) in [5.74, 6) is -4.29. The van der Waals surface area contributed by atoms with Crippen molar-refractivity contribution >= 4 is 17.7 Å². The lowest BCUT2D eigenvalue weighted by atomic mass is 9.59. The molecule has 8 heteroatoms. The highest BCUT2D eigenvalue weighted by molar-refractivity contribution is 6.04. The summed E-state index contributed by atoms with van der Waals surface area (Å²) < 4.78 is 12.3. The lowest BCUT2D eigenvalue weighted by Gasteiger charge is -2.53. The molecule has 0 aliphatic heterocycles. The number of unbranched alkanes of at least 4 members (excludes halogenated alkanes) is 10. The Hall–Kier alpha value is -2.03. The van der Waals surface area contributed by atoms with Crippen LogP contribution in [0.15, 0.2) is 23.3 Å². The van der Waals surface area contributed by atoms with Crippen LogP contribution in [-0.4, -0.2) is 62.6 Å². The molecule has 4 aliphatic carbocycles. The molecule has 0 aromatic carbocycles. The molecule has 0 amide bonds. The lowest BCUT2D eigenvalue weighted by molar-refractivity contribution is -0.228. The molecule has 0 saturated heterocycles. The van der Waals surface area contributed by atoms with Crippen LogP contribution >= 0.6 is 0 Å². The predicted octanol–water partition coefficient (Wildman–Crippen LogP) is 5.75. The number of carbonyl (C=O) groups is 3. The Morgan fingerprint density at radius 1 is 0.955 bits per heavy atom. The zero-order valence-corrected chi connectivity index (χ0v) is 27.8. The molecule has 0 spiro atoms. The fourth-order valence-electron chi connectivity index (χ4n) is 9.20. The second-order valence-corrected chi connectivity index (χ2v) is 14.7. The van der Waals surface area contributed by atoms with E-state index in [0.717, 1.165) is 19.3 Å². The summed E-state index contributed by atoms with van der Waals surface area (Å²) in [6.45, 7) is 10.4. The van der Waals surface area contributed by atoms with Crippen LogP contribution in [0, 0.1) is 29.1 Å². The molecule has 0 aromatic rings. The average Bonchev–Trinajstić information content (AvgIpc) is 3.38. The van der Waals surface area contributed by atoms with Crippen LogP contribution in [0.2, 0.25) is 0 Å². The van der Waals surface area contributed by atoms with Crippen LogP contribution in [0.4, 0.5) is 0 Å². The molecule has 8 nitrogen and oxygen atoms in total. The van der Waals surface area contributed by atoms with Crippen LogP contribution < -0.4 is 0 Å². The first kappa shape index (κ1) is 34.8. The normalized spacial score (nSPS) is 36.8. The number of aliphatic hydroxyl groups is 3. The fourth-order valence-corrected chi connectivity index (χ4v) is 9.20. The molecule has 44 heavy (non-hydrogen) atoms. The SMILES string of the molecule is CCCCCCCCCCCCCC(=O)O[C@H]1[C@@H](C)[C@@]2(O)[C@@H](C=C(CO)C[C@]3(O)C(=O)C(C)=C[C@@H]23)[C@@H]2C(C)(C)[C@@]21OC(C)=O. The summed E-state index contributed by atoms with van der Waals surface area (Å²) in [7, 11) is 0. The van der Waals surface area contributed by atoms with Gasteiger partial charge in [0.05, 0.1) is 12.2 Å². The molecule has 0 heterocycles. The van der Waals surface area contributed by atoms with Crippen molar-refractivity contribution in [2.45, 2.75) is 148 Å². The first-order valence-electron chi connectivity index (χ1n) is 17.1. The average molecular weight is 617 g/mol. The number of carbonyl (C=O) groups excluding carboxylic acids is 3. The van der Waals surface area contributed by atoms with Gasteiger partial charge in [0.25, 0.3) is 0 Å². The van der Waals surface area contributed by atoms with Gasteiger partial charge in [0.2, 0.25) is 0 Å². The Kier molecular flexibility index (Phi) is 10.6. The van der Waals surface area contributed by atoms with Crippen molar-refractivity contribution < 1.29 is 39.2 Å². The summed E-state index contributed by atoms with van der Waals surface area (Å²) >= 11 is 0. The summed E-state index contributed by atoms with van der Waals surface area (Å²) in [5.41, 5.74) is -4.71. The minimum absolute atomic E-state index is 0.108. The van der Waals surface area contributed by atoms with Crippen molar-refractivity contribution in [3.63, 3.8) is 0 Å². The summed E-state index contributed by atoms with van der Waals surface area (Å²) in [6.07, 6.45) is 15.4. The van der Waals surface area contributed by atoms with Gasteiger partial charge >= 0.3 is 11.9 Å². The van der Waals surface area contributed by atoms with E-state index in [2.05, 4.69) is 6.92 Å². The Balaban J connectivity index is 1.51. The molecule has 0 unspecified atom stereocenters. The highest BCUT2D eigenvalue weighted by atomic mass is 16.6. The second kappa shape index (κ2) is 13.4. The van der Waals surface area contributed by atoms with Crippen molar-refractivity contribution in [3.05, 3.63) is 23.3 Å². The topological polar surface area (TPSA) is 130 Å². The van der Waals surface area contributed by atoms with Gasteiger partial charge < -0.3 is 24.8 Å². The number of ketones is 1. The molecule has 248 valence electrons. The molecular weight excluding hydrogens is 560 g/mol. The molecule has 8 atom stereocenters. The maximum atomic E-state index is 13.3. The van der Waals surface area contributed by atoms with Crippen molar-refractivity contribution in [2.24, 2.45) is 29.1 Å². The van der Waals surface area contributed by atoms with Gasteiger partial charge in [0, 0.05) is 48.9 Å². The molecule has 4 rings (SSSR count). The number of hydrogen-bond acceptors (Lipinski definition) is 8. The van der Waals surface area contributed by atoms with Crippen molar-refractivity contribution in [2.75, 3.05) is 6.61 Å². The van der Waals surface area contributed by atoms with E-state index in [-0.39, 0.29) is 19.4 Å². The van der Waals surface area contributed by atoms with Crippen LogP contribution in [-0.2, 0) is 23.9 Å². The number of aliphatic hydroxyl groups excluding tert-OH is 1. The van der Waals surface area contributed by atoms with Gasteiger partial charge in [-0.3, -0.25) is 14.4 Å². The summed E-state index contributed by atoms with van der Waals surface area (Å²) in [6, 6.07) is 0. The zero-order valence-electron chi connectivity index (χ0n) is 27.8. The van der Waals surface area contributed by atoms with Gasteiger partial charge in [-0.1, -0.05) is 104 Å². The summed E-state index contributed by atoms with van der Waals surface area (Å²) in [4.78, 5) is 39.1. The molecule has 0 radical (unpaired) electrons. The smallest absolute Gasteiger partial charge is 0.306 e. The van der Waals surface area contributed by atoms with E-state index in [9.17, 15) is 29.7 Å². The third-order valence-corrected chi connectivity index (χ3v) is 11.5. The standard InChI is InChI=1S/C36H56O8/c1-7-8-9-10-11-12-13-14-15-16-17-18-29(39)43-32-24(3)35(42)27(30-33(5,6)36(30,32)44-25(4)38)20-26(22-37)21-34(41)28(35)19-23(2)31(34)40/h19-20,24,27-28,30,32,37,41-42H,7-18,21-22H2,1-6H3/t24-,27+,28-,30-,32+,34-,35-,36-/m1/s1. The Morgan fingerprint density at radius 3 is 2.07 bits per heavy atom. The monoisotopic (exact) mass is 616 g/mol. The van der Waals surface area contributed by atoms with E-state index in [0.29, 0.717) is 17.6 Å². The number of hydrogen-bond donors (Lipinski definition) is 3. The van der Waals surface area contributed by atoms with Gasteiger partial charge in [-0.05, 0) is 24.5 Å². The predicted molar refractivity (Wildman–Crippen MR) is 167 cm³/mol. The third kappa shape index (κ3) is 5.84. The minimum atomic E-state index is -1.93. The first-order valence-corrected chi connectivity index (χ1v) is 17.1. The fraction of sp³-hybridized carbons (Fsp3) is 0.806. The van der Waals surface area contributed by atoms with Crippen LogP contribution in [0.3, 0.4) is 0 Å². The quantitative estimate of drug-likeness (QED) is 0.120. The Morgan fingerprint density at radius 2 is 1.52 bits per heavy atom. The van der Waals surface area contributed by atoms with Gasteiger partial charge in [-0.15, -0.1) is 0 Å². The number of fused-ring (bicyclic) bond motifs is 5. The van der Waals surface area contributed by atoms with E-state index in [1.807, 2.05) is 13.8 Å². The van der Waals surface area contributed by atoms with E-state index >= 15 is 0 Å². The Labute approximate surface area is 263 Å². The highest BCUT2D eigenvalue weighted by Crippen LogP contribution is 2.77. The van der Waals surface area contributed by atoms with E-state index in [1.54, 1.807) is 26.0 Å². The maximum absolute atomic E-state index is 13.3. The zero-order chi connectivity index (χ0) is 32.5. The molecule has 0 aromatic heterocycles. The van der Waals surface area contributed by atoms with Crippen LogP contribution in [0.5, 0.6) is 0 Å². The largest absolute Gasteiger partial charge is 0.458 e. The molecular formula is C36H56O8.